The smallest absolute Gasteiger partial charge is 0.243 e. The van der Waals surface area contributed by atoms with Crippen molar-refractivity contribution in [2.24, 2.45) is 11.5 Å². The minimum atomic E-state index is -1.16. The van der Waals surface area contributed by atoms with E-state index in [9.17, 15) is 33.6 Å². The van der Waals surface area contributed by atoms with Crippen molar-refractivity contribution in [1.82, 2.24) is 81.7 Å². The summed E-state index contributed by atoms with van der Waals surface area (Å²) in [6.45, 7) is 6.43. The summed E-state index contributed by atoms with van der Waals surface area (Å²) < 4.78 is 0. The molecule has 0 aliphatic heterocycles. The highest BCUT2D eigenvalue weighted by Crippen LogP contribution is 2.15. The zero-order valence-corrected chi connectivity index (χ0v) is 63.6. The zero-order chi connectivity index (χ0) is 73.3. The molecule has 0 aromatic rings. The van der Waals surface area contributed by atoms with Gasteiger partial charge in [-0.15, -0.1) is 0 Å². The number of nitrogens with two attached hydrogens (primary N) is 2. The molecule has 12 N–H and O–H groups in total. The van der Waals surface area contributed by atoms with Crippen LogP contribution in [0.4, 0.5) is 0 Å². The number of carbonyl (C=O) groups is 9. The van der Waals surface area contributed by atoms with E-state index >= 15 is 9.59 Å². The molecule has 0 spiro atoms. The lowest BCUT2D eigenvalue weighted by Crippen LogP contribution is -2.60. The Labute approximate surface area is 587 Å². The average molecular weight is 1380 g/mol. The third-order valence-electron chi connectivity index (χ3n) is 17.0. The average Bonchev–Trinajstić information content (AvgIpc) is 0.929. The molecule has 0 bridgehead atoms. The van der Waals surface area contributed by atoms with Crippen molar-refractivity contribution in [3.05, 3.63) is 0 Å². The Bertz CT molecular complexity index is 2160. The molecule has 0 unspecified atom stereocenters. The van der Waals surface area contributed by atoms with E-state index in [1.54, 1.807) is 0 Å². The summed E-state index contributed by atoms with van der Waals surface area (Å²) in [6.07, 6.45) is 15.0. The Morgan fingerprint density at radius 1 is 0.258 bits per heavy atom. The van der Waals surface area contributed by atoms with E-state index in [4.69, 9.17) is 11.5 Å². The maximum absolute atomic E-state index is 15.1. The molecule has 9 atom stereocenters. The zero-order valence-electron chi connectivity index (χ0n) is 63.6. The van der Waals surface area contributed by atoms with Gasteiger partial charge < -0.3 is 98.0 Å². The molecular formula is C70H142N18O9. The van der Waals surface area contributed by atoms with E-state index in [1.165, 1.54) is 0 Å². The van der Waals surface area contributed by atoms with Gasteiger partial charge in [0, 0.05) is 0 Å². The van der Waals surface area contributed by atoms with Gasteiger partial charge in [-0.05, 0) is 339 Å². The SMILES string of the molecule is CN(C)CCCC[C@H](NC(=O)[C@H](CCCCN(C)C)NC(=O)[C@H](CCCCN(C)C)NC(=O)[C@H](CCCCN(C)C)NC(=O)[C@H](CCCCN(C)C)NC(=O)[C@H](CCCCN(C)C)NC(=O)[C@H](CCCCN(C)C)NC(=O)[C@@H](N)CCCCN(C)C)C(=O)N[C@H](C=O)CCCCN. The first-order valence-corrected chi connectivity index (χ1v) is 36.4. The lowest BCUT2D eigenvalue weighted by Gasteiger charge is -2.29. The van der Waals surface area contributed by atoms with Crippen molar-refractivity contribution in [3.63, 3.8) is 0 Å². The van der Waals surface area contributed by atoms with Gasteiger partial charge in [0.15, 0.2) is 0 Å². The quantitative estimate of drug-likeness (QED) is 0.0304. The lowest BCUT2D eigenvalue weighted by molar-refractivity contribution is -0.136. The second-order valence-electron chi connectivity index (χ2n) is 29.0. The van der Waals surface area contributed by atoms with Crippen LogP contribution in [0.2, 0.25) is 0 Å². The summed E-state index contributed by atoms with van der Waals surface area (Å²) in [5.74, 6) is -4.44. The molecule has 0 aromatic heterocycles. The van der Waals surface area contributed by atoms with Gasteiger partial charge in [0.2, 0.25) is 47.3 Å². The molecule has 8 amide bonds. The van der Waals surface area contributed by atoms with Crippen LogP contribution in [-0.2, 0) is 43.2 Å². The fourth-order valence-corrected chi connectivity index (χ4v) is 11.1. The highest BCUT2D eigenvalue weighted by Gasteiger charge is 2.35. The van der Waals surface area contributed by atoms with Crippen LogP contribution in [0.15, 0.2) is 0 Å². The maximum Gasteiger partial charge on any atom is 0.243 e. The van der Waals surface area contributed by atoms with Crippen LogP contribution >= 0.6 is 0 Å². The van der Waals surface area contributed by atoms with Crippen LogP contribution in [0.25, 0.3) is 0 Å². The fraction of sp³-hybridized carbons (Fsp3) is 0.871. The van der Waals surface area contributed by atoms with Gasteiger partial charge in [-0.3, -0.25) is 38.4 Å². The molecule has 0 aliphatic carbocycles. The molecule has 0 saturated carbocycles. The summed E-state index contributed by atoms with van der Waals surface area (Å²) in [5.41, 5.74) is 12.1. The van der Waals surface area contributed by atoms with Gasteiger partial charge in [-0.25, -0.2) is 0 Å². The maximum atomic E-state index is 15.1. The second-order valence-corrected chi connectivity index (χ2v) is 29.0. The van der Waals surface area contributed by atoms with Gasteiger partial charge in [0.05, 0.1) is 12.1 Å². The Balaban J connectivity index is 7.57. The van der Waals surface area contributed by atoms with Crippen molar-refractivity contribution in [2.75, 3.05) is 172 Å². The van der Waals surface area contributed by atoms with Gasteiger partial charge in [0.1, 0.15) is 48.6 Å². The molecule has 27 nitrogen and oxygen atoms in total. The van der Waals surface area contributed by atoms with E-state index in [-0.39, 0.29) is 38.5 Å². The molecule has 0 aliphatic rings. The van der Waals surface area contributed by atoms with Crippen LogP contribution in [0.1, 0.15) is 173 Å². The van der Waals surface area contributed by atoms with Crippen molar-refractivity contribution in [2.45, 2.75) is 228 Å². The van der Waals surface area contributed by atoms with Crippen LogP contribution in [0, 0.1) is 0 Å². The summed E-state index contributed by atoms with van der Waals surface area (Å²) in [6, 6.07) is -9.25. The second kappa shape index (κ2) is 55.8. The third-order valence-corrected chi connectivity index (χ3v) is 17.0. The van der Waals surface area contributed by atoms with Crippen molar-refractivity contribution >= 4 is 53.5 Å². The van der Waals surface area contributed by atoms with E-state index in [0.29, 0.717) is 135 Å². The van der Waals surface area contributed by atoms with Crippen LogP contribution in [0.3, 0.4) is 0 Å². The standard InChI is InChI=1S/C70H142N18O9/c1-81(2)45-27-18-36-55(72)63(90)74-57(38-20-29-47-83(5)6)65(92)76-59(40-22-31-49-85(9)10)67(94)78-61(42-24-33-51-87(13)14)69(96)80-62(43-25-34-52-88(15)16)70(97)79-60(41-23-32-50-86(11)12)68(95)77-58(39-21-30-48-84(7)8)66(93)75-56(37-19-28-46-82(3)4)64(91)73-54(53-89)35-17-26-44-71/h53-62H,17-52,71-72H2,1-16H3,(H,73,91)(H,74,90)(H,75,93)(H,76,92)(H,77,95)(H,78,94)(H,79,97)(H,80,96)/t54-,55-,56-,57-,58-,59-,60-,61-,62-/m0/s1. The molecule has 97 heavy (non-hydrogen) atoms. The summed E-state index contributed by atoms with van der Waals surface area (Å²) in [7, 11) is 31.4. The molecule has 0 fully saturated rings. The predicted molar refractivity (Wildman–Crippen MR) is 392 cm³/mol. The Morgan fingerprint density at radius 3 is 0.619 bits per heavy atom. The number of hydrogen-bond donors (Lipinski definition) is 10. The first kappa shape index (κ1) is 92.0. The first-order chi connectivity index (χ1) is 45.9. The van der Waals surface area contributed by atoms with Crippen molar-refractivity contribution in [1.29, 1.82) is 0 Å². The molecule has 566 valence electrons. The number of unbranched alkanes of at least 4 members (excludes halogenated alkanes) is 9. The molecular weight excluding hydrogens is 1240 g/mol. The Kier molecular flexibility index (Phi) is 52.9. The highest BCUT2D eigenvalue weighted by molar-refractivity contribution is 5.98. The third kappa shape index (κ3) is 48.5. The van der Waals surface area contributed by atoms with E-state index in [1.807, 2.05) is 142 Å². The number of carbonyl (C=O) groups excluding carboxylic acids is 9. The van der Waals surface area contributed by atoms with Gasteiger partial charge in [-0.1, -0.05) is 6.42 Å². The Morgan fingerprint density at radius 2 is 0.433 bits per heavy atom. The van der Waals surface area contributed by atoms with Gasteiger partial charge >= 0.3 is 0 Å². The van der Waals surface area contributed by atoms with E-state index < -0.39 is 102 Å². The molecule has 0 aromatic carbocycles. The largest absolute Gasteiger partial charge is 0.345 e. The fourth-order valence-electron chi connectivity index (χ4n) is 11.1. The molecule has 0 rings (SSSR count). The normalized spacial score (nSPS) is 14.7. The highest BCUT2D eigenvalue weighted by atomic mass is 16.2. The number of nitrogens with one attached hydrogen (secondary N) is 8. The predicted octanol–water partition coefficient (Wildman–Crippen LogP) is 1.38. The summed E-state index contributed by atoms with van der Waals surface area (Å²) in [5, 5.41) is 23.7. The van der Waals surface area contributed by atoms with Gasteiger partial charge in [0.25, 0.3) is 0 Å². The number of hydrogen-bond acceptors (Lipinski definition) is 19. The van der Waals surface area contributed by atoms with E-state index in [2.05, 4.69) is 52.3 Å². The minimum Gasteiger partial charge on any atom is -0.345 e. The van der Waals surface area contributed by atoms with Crippen LogP contribution < -0.4 is 54.0 Å². The lowest BCUT2D eigenvalue weighted by atomic mass is 10.0. The minimum absolute atomic E-state index is 0.195. The number of rotatable bonds is 61. The number of nitrogens with zero attached hydrogens (tertiary/aromatic N) is 8. The monoisotopic (exact) mass is 1380 g/mol. The molecule has 0 radical (unpaired) electrons. The molecule has 27 heteroatoms. The molecule has 0 heterocycles. The first-order valence-electron chi connectivity index (χ1n) is 36.4. The molecule has 0 saturated heterocycles. The van der Waals surface area contributed by atoms with Crippen molar-refractivity contribution < 1.29 is 43.2 Å². The topological polar surface area (TPSA) is 328 Å². The van der Waals surface area contributed by atoms with Crippen LogP contribution in [-0.4, -0.2) is 319 Å². The van der Waals surface area contributed by atoms with Crippen LogP contribution in [0.5, 0.6) is 0 Å². The van der Waals surface area contributed by atoms with Gasteiger partial charge in [-0.2, -0.15) is 0 Å². The summed E-state index contributed by atoms with van der Waals surface area (Å²) in [4.78, 5) is 145. The number of amides is 8. The number of aldehydes is 1. The Hall–Kier alpha value is -4.97. The summed E-state index contributed by atoms with van der Waals surface area (Å²) >= 11 is 0. The van der Waals surface area contributed by atoms with Crippen molar-refractivity contribution in [3.8, 4) is 0 Å². The van der Waals surface area contributed by atoms with E-state index in [0.717, 1.165) is 64.8 Å².